The Hall–Kier alpha value is -1.96. The second-order valence-corrected chi connectivity index (χ2v) is 5.34. The third kappa shape index (κ3) is 3.44. The molecule has 1 atom stereocenters. The first-order valence-corrected chi connectivity index (χ1v) is 7.70. The van der Waals surface area contributed by atoms with Crippen LogP contribution in [0.15, 0.2) is 6.20 Å². The van der Waals surface area contributed by atoms with Gasteiger partial charge in [0.2, 0.25) is 5.91 Å². The predicted octanol–water partition coefficient (Wildman–Crippen LogP) is -0.257. The minimum Gasteiger partial charge on any atom is -0.394 e. The van der Waals surface area contributed by atoms with E-state index in [9.17, 15) is 14.7 Å². The Balaban J connectivity index is 2.02. The molecule has 1 saturated heterocycles. The monoisotopic (exact) mass is 309 g/mol. The summed E-state index contributed by atoms with van der Waals surface area (Å²) in [6, 6.07) is -0.144. The molecule has 1 aromatic heterocycles. The van der Waals surface area contributed by atoms with Gasteiger partial charge >= 0.3 is 0 Å². The van der Waals surface area contributed by atoms with Gasteiger partial charge in [0, 0.05) is 19.6 Å². The van der Waals surface area contributed by atoms with E-state index >= 15 is 0 Å². The van der Waals surface area contributed by atoms with Gasteiger partial charge in [-0.3, -0.25) is 9.59 Å². The quantitative estimate of drug-likeness (QED) is 0.782. The second-order valence-electron chi connectivity index (χ2n) is 5.34. The number of carbonyl (C=O) groups is 2. The molecular weight excluding hydrogens is 286 g/mol. The van der Waals surface area contributed by atoms with Crippen LogP contribution in [0, 0.1) is 0 Å². The molecule has 0 bridgehead atoms. The van der Waals surface area contributed by atoms with Crippen LogP contribution in [0.2, 0.25) is 0 Å². The average Bonchev–Trinajstić information content (AvgIpc) is 3.16. The molecule has 1 aliphatic heterocycles. The van der Waals surface area contributed by atoms with Crippen LogP contribution in [0.5, 0.6) is 0 Å². The fourth-order valence-corrected chi connectivity index (χ4v) is 2.73. The van der Waals surface area contributed by atoms with E-state index in [0.29, 0.717) is 19.6 Å². The zero-order valence-corrected chi connectivity index (χ0v) is 13.1. The highest BCUT2D eigenvalue weighted by atomic mass is 16.3. The Kier molecular flexibility index (Phi) is 5.48. The topological polar surface area (TPSA) is 91.6 Å². The number of likely N-dealkylation sites (tertiary alicyclic amines) is 1. The summed E-state index contributed by atoms with van der Waals surface area (Å²) >= 11 is 0. The lowest BCUT2D eigenvalue weighted by Crippen LogP contribution is -2.37. The van der Waals surface area contributed by atoms with E-state index in [1.807, 2.05) is 13.8 Å². The summed E-state index contributed by atoms with van der Waals surface area (Å²) in [5, 5.41) is 17.0. The van der Waals surface area contributed by atoms with E-state index in [1.165, 1.54) is 10.9 Å². The molecule has 1 N–H and O–H groups in total. The van der Waals surface area contributed by atoms with Crippen LogP contribution >= 0.6 is 0 Å². The van der Waals surface area contributed by atoms with Gasteiger partial charge in [0.15, 0.2) is 5.69 Å². The van der Waals surface area contributed by atoms with Gasteiger partial charge in [0.1, 0.15) is 6.54 Å². The lowest BCUT2D eigenvalue weighted by Gasteiger charge is -2.21. The van der Waals surface area contributed by atoms with E-state index in [0.717, 1.165) is 12.8 Å². The summed E-state index contributed by atoms with van der Waals surface area (Å²) in [4.78, 5) is 27.7. The van der Waals surface area contributed by atoms with Crippen LogP contribution in [0.3, 0.4) is 0 Å². The first-order valence-electron chi connectivity index (χ1n) is 7.70. The van der Waals surface area contributed by atoms with Gasteiger partial charge in [-0.05, 0) is 26.7 Å². The van der Waals surface area contributed by atoms with E-state index in [1.54, 1.807) is 9.80 Å². The summed E-state index contributed by atoms with van der Waals surface area (Å²) < 4.78 is 1.39. The first kappa shape index (κ1) is 16.4. The van der Waals surface area contributed by atoms with E-state index < -0.39 is 0 Å². The van der Waals surface area contributed by atoms with Crippen molar-refractivity contribution in [2.24, 2.45) is 0 Å². The molecule has 0 saturated carbocycles. The van der Waals surface area contributed by atoms with Gasteiger partial charge in [0.05, 0.1) is 18.8 Å². The zero-order valence-electron chi connectivity index (χ0n) is 13.1. The smallest absolute Gasteiger partial charge is 0.276 e. The number of rotatable bonds is 6. The van der Waals surface area contributed by atoms with Crippen molar-refractivity contribution in [3.8, 4) is 0 Å². The lowest BCUT2D eigenvalue weighted by atomic mass is 10.2. The van der Waals surface area contributed by atoms with Crippen LogP contribution in [-0.2, 0) is 11.3 Å². The molecule has 2 heterocycles. The third-order valence-corrected chi connectivity index (χ3v) is 4.02. The summed E-state index contributed by atoms with van der Waals surface area (Å²) in [6.07, 6.45) is 3.18. The Morgan fingerprint density at radius 2 is 2.14 bits per heavy atom. The fourth-order valence-electron chi connectivity index (χ4n) is 2.73. The van der Waals surface area contributed by atoms with E-state index in [-0.39, 0.29) is 36.7 Å². The third-order valence-electron chi connectivity index (χ3n) is 4.02. The van der Waals surface area contributed by atoms with Crippen molar-refractivity contribution in [3.05, 3.63) is 11.9 Å². The number of hydrogen-bond acceptors (Lipinski definition) is 5. The van der Waals surface area contributed by atoms with Gasteiger partial charge in [0.25, 0.3) is 5.91 Å². The van der Waals surface area contributed by atoms with Crippen molar-refractivity contribution in [3.63, 3.8) is 0 Å². The molecule has 122 valence electrons. The fraction of sp³-hybridized carbons (Fsp3) is 0.714. The highest BCUT2D eigenvalue weighted by Gasteiger charge is 2.30. The van der Waals surface area contributed by atoms with Crippen molar-refractivity contribution in [1.29, 1.82) is 0 Å². The SMILES string of the molecule is CCN(CC)C(=O)Cn1cc(C(=O)N2CCC[C@H]2CO)nn1. The first-order chi connectivity index (χ1) is 10.6. The van der Waals surface area contributed by atoms with Crippen LogP contribution in [0.4, 0.5) is 0 Å². The Morgan fingerprint density at radius 3 is 2.77 bits per heavy atom. The van der Waals surface area contributed by atoms with Crippen LogP contribution < -0.4 is 0 Å². The largest absolute Gasteiger partial charge is 0.394 e. The normalized spacial score (nSPS) is 17.8. The summed E-state index contributed by atoms with van der Waals surface area (Å²) in [7, 11) is 0. The number of aromatic nitrogens is 3. The number of aliphatic hydroxyl groups excluding tert-OH is 1. The van der Waals surface area contributed by atoms with Crippen molar-refractivity contribution in [2.75, 3.05) is 26.2 Å². The van der Waals surface area contributed by atoms with Gasteiger partial charge < -0.3 is 14.9 Å². The molecule has 0 aliphatic carbocycles. The predicted molar refractivity (Wildman–Crippen MR) is 79.1 cm³/mol. The van der Waals surface area contributed by atoms with Gasteiger partial charge in [-0.15, -0.1) is 5.10 Å². The molecule has 2 amide bonds. The molecule has 8 nitrogen and oxygen atoms in total. The molecule has 0 radical (unpaired) electrons. The highest BCUT2D eigenvalue weighted by molar-refractivity contribution is 5.92. The number of aliphatic hydroxyl groups is 1. The summed E-state index contributed by atoms with van der Waals surface area (Å²) in [6.45, 7) is 5.77. The van der Waals surface area contributed by atoms with E-state index in [4.69, 9.17) is 0 Å². The maximum Gasteiger partial charge on any atom is 0.276 e. The Labute approximate surface area is 129 Å². The molecule has 1 aromatic rings. The van der Waals surface area contributed by atoms with Crippen LogP contribution in [0.1, 0.15) is 37.2 Å². The molecule has 0 aromatic carbocycles. The van der Waals surface area contributed by atoms with Crippen LogP contribution in [-0.4, -0.2) is 74.0 Å². The molecule has 2 rings (SSSR count). The molecule has 1 fully saturated rings. The standard InChI is InChI=1S/C14H23N5O3/c1-3-17(4-2)13(21)9-18-8-12(15-16-18)14(22)19-7-5-6-11(19)10-20/h8,11,20H,3-7,9-10H2,1-2H3/t11-/m0/s1. The summed E-state index contributed by atoms with van der Waals surface area (Å²) in [5.74, 6) is -0.290. The molecule has 0 unspecified atom stereocenters. The van der Waals surface area contributed by atoms with Gasteiger partial charge in [-0.25, -0.2) is 4.68 Å². The molecular formula is C14H23N5O3. The maximum atomic E-state index is 12.4. The van der Waals surface area contributed by atoms with Gasteiger partial charge in [-0.2, -0.15) is 0 Å². The van der Waals surface area contributed by atoms with Gasteiger partial charge in [-0.1, -0.05) is 5.21 Å². The van der Waals surface area contributed by atoms with Crippen molar-refractivity contribution in [2.45, 2.75) is 39.3 Å². The zero-order chi connectivity index (χ0) is 16.1. The maximum absolute atomic E-state index is 12.4. The number of hydrogen-bond donors (Lipinski definition) is 1. The van der Waals surface area contributed by atoms with Crippen molar-refractivity contribution >= 4 is 11.8 Å². The molecule has 0 spiro atoms. The number of carbonyl (C=O) groups excluding carboxylic acids is 2. The van der Waals surface area contributed by atoms with Crippen LogP contribution in [0.25, 0.3) is 0 Å². The van der Waals surface area contributed by atoms with Crippen molar-refractivity contribution in [1.82, 2.24) is 24.8 Å². The molecule has 22 heavy (non-hydrogen) atoms. The number of likely N-dealkylation sites (N-methyl/N-ethyl adjacent to an activating group) is 1. The number of nitrogens with zero attached hydrogens (tertiary/aromatic N) is 5. The highest BCUT2D eigenvalue weighted by Crippen LogP contribution is 2.18. The average molecular weight is 309 g/mol. The minimum absolute atomic E-state index is 0.0413. The molecule has 8 heteroatoms. The Bertz CT molecular complexity index is 526. The molecule has 1 aliphatic rings. The van der Waals surface area contributed by atoms with Crippen molar-refractivity contribution < 1.29 is 14.7 Å². The second kappa shape index (κ2) is 7.35. The summed E-state index contributed by atoms with van der Waals surface area (Å²) in [5.41, 5.74) is 0.215. The lowest BCUT2D eigenvalue weighted by molar-refractivity contribution is -0.131. The van der Waals surface area contributed by atoms with E-state index in [2.05, 4.69) is 10.3 Å². The number of amides is 2. The Morgan fingerprint density at radius 1 is 1.41 bits per heavy atom. The minimum atomic E-state index is -0.238.